The Kier molecular flexibility index (Phi) is 5.37. The molecule has 0 saturated carbocycles. The zero-order valence-electron chi connectivity index (χ0n) is 14.5. The van der Waals surface area contributed by atoms with E-state index in [0.717, 1.165) is 0 Å². The van der Waals surface area contributed by atoms with E-state index in [9.17, 15) is 19.7 Å². The molecule has 1 heterocycles. The lowest BCUT2D eigenvalue weighted by atomic mass is 10.2. The Balaban J connectivity index is 1.77. The van der Waals surface area contributed by atoms with Gasteiger partial charge in [-0.1, -0.05) is 11.6 Å². The molecule has 0 aliphatic heterocycles. The number of nitro benzene ring substituents is 1. The number of hydrogen-bond acceptors (Lipinski definition) is 6. The van der Waals surface area contributed by atoms with Gasteiger partial charge in [-0.25, -0.2) is 9.48 Å². The number of ether oxygens (including phenoxy) is 1. The van der Waals surface area contributed by atoms with E-state index >= 15 is 0 Å². The second-order valence-corrected chi connectivity index (χ2v) is 5.97. The van der Waals surface area contributed by atoms with Gasteiger partial charge in [0, 0.05) is 24.0 Å². The Bertz CT molecular complexity index is 1060. The summed E-state index contributed by atoms with van der Waals surface area (Å²) in [5.41, 5.74) is 1.10. The zero-order chi connectivity index (χ0) is 20.3. The average molecular weight is 401 g/mol. The summed E-state index contributed by atoms with van der Waals surface area (Å²) in [6.07, 6.45) is 1.55. The summed E-state index contributed by atoms with van der Waals surface area (Å²) in [4.78, 5) is 34.3. The molecule has 0 aliphatic carbocycles. The van der Waals surface area contributed by atoms with Crippen molar-refractivity contribution in [2.24, 2.45) is 0 Å². The van der Waals surface area contributed by atoms with Gasteiger partial charge in [0.15, 0.2) is 5.69 Å². The Labute approximate surface area is 163 Å². The molecule has 1 amide bonds. The monoisotopic (exact) mass is 400 g/mol. The highest BCUT2D eigenvalue weighted by Crippen LogP contribution is 2.22. The van der Waals surface area contributed by atoms with Crippen LogP contribution in [0.1, 0.15) is 20.8 Å². The Morgan fingerprint density at radius 2 is 1.89 bits per heavy atom. The van der Waals surface area contributed by atoms with Crippen molar-refractivity contribution >= 4 is 34.9 Å². The number of benzene rings is 2. The summed E-state index contributed by atoms with van der Waals surface area (Å²) in [6, 6.07) is 11.6. The van der Waals surface area contributed by atoms with E-state index in [0.29, 0.717) is 11.4 Å². The first-order valence-corrected chi connectivity index (χ1v) is 8.26. The van der Waals surface area contributed by atoms with Crippen molar-refractivity contribution in [1.29, 1.82) is 0 Å². The second-order valence-electron chi connectivity index (χ2n) is 5.56. The summed E-state index contributed by atoms with van der Waals surface area (Å²) in [6.45, 7) is 0. The highest BCUT2D eigenvalue weighted by atomic mass is 35.5. The van der Waals surface area contributed by atoms with Crippen LogP contribution in [0.5, 0.6) is 0 Å². The first-order chi connectivity index (χ1) is 13.4. The molecule has 0 fully saturated rings. The van der Waals surface area contributed by atoms with Gasteiger partial charge < -0.3 is 10.1 Å². The van der Waals surface area contributed by atoms with E-state index in [2.05, 4.69) is 15.2 Å². The van der Waals surface area contributed by atoms with Crippen LogP contribution in [-0.2, 0) is 4.74 Å². The Morgan fingerprint density at radius 1 is 1.18 bits per heavy atom. The number of non-ortho nitro benzene ring substituents is 1. The van der Waals surface area contributed by atoms with E-state index in [1.165, 1.54) is 54.3 Å². The van der Waals surface area contributed by atoms with Crippen molar-refractivity contribution < 1.29 is 19.2 Å². The number of carbonyl (C=O) groups is 2. The average Bonchev–Trinajstić information content (AvgIpc) is 3.19. The molecule has 0 unspecified atom stereocenters. The second kappa shape index (κ2) is 7.89. The van der Waals surface area contributed by atoms with E-state index in [-0.39, 0.29) is 22.0 Å². The third kappa shape index (κ3) is 3.99. The molecular formula is C18H13ClN4O5. The summed E-state index contributed by atoms with van der Waals surface area (Å²) in [7, 11) is 1.23. The molecule has 28 heavy (non-hydrogen) atoms. The molecule has 1 N–H and O–H groups in total. The molecule has 3 aromatic rings. The van der Waals surface area contributed by atoms with Gasteiger partial charge >= 0.3 is 5.97 Å². The number of nitro groups is 1. The number of amides is 1. The summed E-state index contributed by atoms with van der Waals surface area (Å²) in [5, 5.41) is 17.7. The largest absolute Gasteiger partial charge is 0.465 e. The fourth-order valence-corrected chi connectivity index (χ4v) is 2.58. The van der Waals surface area contributed by atoms with E-state index in [1.807, 2.05) is 0 Å². The number of rotatable bonds is 5. The molecular weight excluding hydrogens is 388 g/mol. The SMILES string of the molecule is COC(=O)c1cc(NC(=O)c2ccn(-c3ccc([N+](=O)[O-])cc3)n2)ccc1Cl. The predicted octanol–water partition coefficient (Wildman–Crippen LogP) is 3.47. The first kappa shape index (κ1) is 19.1. The van der Waals surface area contributed by atoms with Crippen LogP contribution in [-0.4, -0.2) is 33.7 Å². The van der Waals surface area contributed by atoms with Crippen LogP contribution in [0.4, 0.5) is 11.4 Å². The van der Waals surface area contributed by atoms with Gasteiger partial charge in [0.25, 0.3) is 11.6 Å². The minimum atomic E-state index is -0.622. The van der Waals surface area contributed by atoms with Crippen LogP contribution in [0.3, 0.4) is 0 Å². The van der Waals surface area contributed by atoms with Gasteiger partial charge in [-0.2, -0.15) is 5.10 Å². The maximum Gasteiger partial charge on any atom is 0.339 e. The van der Waals surface area contributed by atoms with Crippen LogP contribution in [0.15, 0.2) is 54.7 Å². The predicted molar refractivity (Wildman–Crippen MR) is 101 cm³/mol. The quantitative estimate of drug-likeness (QED) is 0.398. The molecule has 0 aliphatic rings. The first-order valence-electron chi connectivity index (χ1n) is 7.89. The smallest absolute Gasteiger partial charge is 0.339 e. The van der Waals surface area contributed by atoms with Crippen LogP contribution >= 0.6 is 11.6 Å². The van der Waals surface area contributed by atoms with Crippen molar-refractivity contribution in [2.75, 3.05) is 12.4 Å². The van der Waals surface area contributed by atoms with Crippen molar-refractivity contribution in [1.82, 2.24) is 9.78 Å². The number of anilines is 1. The highest BCUT2D eigenvalue weighted by Gasteiger charge is 2.15. The van der Waals surface area contributed by atoms with Crippen molar-refractivity contribution in [2.45, 2.75) is 0 Å². The lowest BCUT2D eigenvalue weighted by Gasteiger charge is -2.07. The topological polar surface area (TPSA) is 116 Å². The number of esters is 1. The molecule has 2 aromatic carbocycles. The standard InChI is InChI=1S/C18H13ClN4O5/c1-28-18(25)14-10-11(2-7-15(14)19)20-17(24)16-8-9-22(21-16)12-3-5-13(6-4-12)23(26)27/h2-10H,1H3,(H,20,24). The zero-order valence-corrected chi connectivity index (χ0v) is 15.2. The van der Waals surface area contributed by atoms with Gasteiger partial charge in [-0.15, -0.1) is 0 Å². The summed E-state index contributed by atoms with van der Waals surface area (Å²) >= 11 is 5.95. The van der Waals surface area contributed by atoms with E-state index < -0.39 is 16.8 Å². The van der Waals surface area contributed by atoms with E-state index in [1.54, 1.807) is 12.3 Å². The number of carbonyl (C=O) groups excluding carboxylic acids is 2. The van der Waals surface area contributed by atoms with Crippen molar-refractivity contribution in [3.8, 4) is 5.69 Å². The van der Waals surface area contributed by atoms with Crippen molar-refractivity contribution in [3.63, 3.8) is 0 Å². The maximum atomic E-state index is 12.4. The Morgan fingerprint density at radius 3 is 2.54 bits per heavy atom. The molecule has 0 radical (unpaired) electrons. The van der Waals surface area contributed by atoms with Gasteiger partial charge in [-0.05, 0) is 36.4 Å². The molecule has 9 nitrogen and oxygen atoms in total. The molecule has 10 heteroatoms. The number of hydrogen-bond donors (Lipinski definition) is 1. The van der Waals surface area contributed by atoms with Gasteiger partial charge in [0.2, 0.25) is 0 Å². The van der Waals surface area contributed by atoms with Crippen LogP contribution in [0.2, 0.25) is 5.02 Å². The number of halogens is 1. The van der Waals surface area contributed by atoms with Crippen LogP contribution < -0.4 is 5.32 Å². The Hall–Kier alpha value is -3.72. The number of aromatic nitrogens is 2. The van der Waals surface area contributed by atoms with Crippen molar-refractivity contribution in [3.05, 3.63) is 81.1 Å². The van der Waals surface area contributed by atoms with Gasteiger partial charge in [0.1, 0.15) is 0 Å². The van der Waals surface area contributed by atoms with Gasteiger partial charge in [0.05, 0.1) is 28.3 Å². The molecule has 0 saturated heterocycles. The summed E-state index contributed by atoms with van der Waals surface area (Å²) < 4.78 is 6.06. The normalized spacial score (nSPS) is 10.4. The fraction of sp³-hybridized carbons (Fsp3) is 0.0556. The maximum absolute atomic E-state index is 12.4. The fourth-order valence-electron chi connectivity index (χ4n) is 2.38. The van der Waals surface area contributed by atoms with Crippen LogP contribution in [0, 0.1) is 10.1 Å². The number of nitrogens with zero attached hydrogens (tertiary/aromatic N) is 3. The molecule has 3 rings (SSSR count). The minimum absolute atomic E-state index is 0.0435. The highest BCUT2D eigenvalue weighted by molar-refractivity contribution is 6.33. The third-order valence-electron chi connectivity index (χ3n) is 3.78. The lowest BCUT2D eigenvalue weighted by molar-refractivity contribution is -0.384. The molecule has 0 atom stereocenters. The number of nitrogens with one attached hydrogen (secondary N) is 1. The molecule has 0 spiro atoms. The van der Waals surface area contributed by atoms with Gasteiger partial charge in [-0.3, -0.25) is 14.9 Å². The third-order valence-corrected chi connectivity index (χ3v) is 4.11. The lowest BCUT2D eigenvalue weighted by Crippen LogP contribution is -2.14. The summed E-state index contributed by atoms with van der Waals surface area (Å²) in [5.74, 6) is -1.12. The minimum Gasteiger partial charge on any atom is -0.465 e. The molecule has 142 valence electrons. The van der Waals surface area contributed by atoms with E-state index in [4.69, 9.17) is 11.6 Å². The molecule has 0 bridgehead atoms. The van der Waals surface area contributed by atoms with Crippen LogP contribution in [0.25, 0.3) is 5.69 Å². The molecule has 1 aromatic heterocycles. The number of methoxy groups -OCH3 is 1.